The molecule has 0 atom stereocenters. The molecule has 1 fully saturated rings. The number of nitrogens with one attached hydrogen (secondary N) is 1. The Balaban J connectivity index is 2.08. The summed E-state index contributed by atoms with van der Waals surface area (Å²) < 4.78 is 0. The number of rotatable bonds is 6. The molecule has 0 unspecified atom stereocenters. The Morgan fingerprint density at radius 2 is 2.00 bits per heavy atom. The molecule has 106 valence electrons. The predicted molar refractivity (Wildman–Crippen MR) is 85.2 cm³/mol. The van der Waals surface area contributed by atoms with Gasteiger partial charge in [-0.2, -0.15) is 0 Å². The molecule has 0 aliphatic heterocycles. The average Bonchev–Trinajstić information content (AvgIpc) is 3.30. The van der Waals surface area contributed by atoms with Crippen LogP contribution in [-0.4, -0.2) is 24.6 Å². The fraction of sp³-hybridized carbons (Fsp3) is 0.471. The van der Waals surface area contributed by atoms with Gasteiger partial charge in [0.2, 0.25) is 0 Å². The van der Waals surface area contributed by atoms with E-state index >= 15 is 0 Å². The Labute approximate surface area is 121 Å². The molecule has 3 nitrogen and oxygen atoms in total. The summed E-state index contributed by atoms with van der Waals surface area (Å²) in [6, 6.07) is 9.37. The van der Waals surface area contributed by atoms with Crippen molar-refractivity contribution in [2.24, 2.45) is 0 Å². The third-order valence-electron chi connectivity index (χ3n) is 3.95. The monoisotopic (exact) mass is 269 g/mol. The second kappa shape index (κ2) is 5.80. The molecule has 3 heteroatoms. The Hall–Kier alpha value is -1.61. The van der Waals surface area contributed by atoms with E-state index in [2.05, 4.69) is 41.4 Å². The Morgan fingerprint density at radius 1 is 1.25 bits per heavy atom. The highest BCUT2D eigenvalue weighted by molar-refractivity contribution is 5.94. The number of nitrogens with zero attached hydrogens (tertiary/aromatic N) is 2. The van der Waals surface area contributed by atoms with Gasteiger partial charge >= 0.3 is 0 Å². The van der Waals surface area contributed by atoms with Gasteiger partial charge in [0, 0.05) is 30.7 Å². The van der Waals surface area contributed by atoms with Crippen molar-refractivity contribution in [3.05, 3.63) is 36.0 Å². The van der Waals surface area contributed by atoms with E-state index in [1.54, 1.807) is 0 Å². The fourth-order valence-corrected chi connectivity index (χ4v) is 2.88. The third kappa shape index (κ3) is 2.50. The largest absolute Gasteiger partial charge is 0.353 e. The third-order valence-corrected chi connectivity index (χ3v) is 3.95. The van der Waals surface area contributed by atoms with Crippen LogP contribution in [0.5, 0.6) is 0 Å². The second-order valence-corrected chi connectivity index (χ2v) is 5.61. The maximum absolute atomic E-state index is 4.79. The molecule has 1 heterocycles. The summed E-state index contributed by atoms with van der Waals surface area (Å²) in [4.78, 5) is 7.30. The highest BCUT2D eigenvalue weighted by atomic mass is 15.2. The van der Waals surface area contributed by atoms with Crippen molar-refractivity contribution in [3.63, 3.8) is 0 Å². The van der Waals surface area contributed by atoms with Crippen molar-refractivity contribution >= 4 is 16.6 Å². The van der Waals surface area contributed by atoms with Crippen molar-refractivity contribution in [3.8, 4) is 0 Å². The average molecular weight is 269 g/mol. The first-order chi connectivity index (χ1) is 9.85. The van der Waals surface area contributed by atoms with Crippen LogP contribution in [0.4, 0.5) is 5.82 Å². The van der Waals surface area contributed by atoms with Crippen molar-refractivity contribution in [2.45, 2.75) is 38.8 Å². The molecule has 1 aromatic heterocycles. The van der Waals surface area contributed by atoms with E-state index < -0.39 is 0 Å². The minimum Gasteiger partial charge on any atom is -0.353 e. The SMILES string of the molecule is CCCN(c1ncc(CNC)c2ccccc12)C1CC1. The van der Waals surface area contributed by atoms with Crippen LogP contribution in [0.25, 0.3) is 10.8 Å². The van der Waals surface area contributed by atoms with Crippen LogP contribution in [0.2, 0.25) is 0 Å². The quantitative estimate of drug-likeness (QED) is 0.872. The van der Waals surface area contributed by atoms with E-state index in [-0.39, 0.29) is 0 Å². The standard InChI is InChI=1S/C17H23N3/c1-3-10-20(14-8-9-14)17-16-7-5-4-6-15(16)13(11-18-2)12-19-17/h4-7,12,14,18H,3,8-11H2,1-2H3. The first-order valence-electron chi connectivity index (χ1n) is 7.63. The zero-order chi connectivity index (χ0) is 13.9. The van der Waals surface area contributed by atoms with Gasteiger partial charge in [-0.3, -0.25) is 0 Å². The number of fused-ring (bicyclic) bond motifs is 1. The van der Waals surface area contributed by atoms with Gasteiger partial charge in [-0.1, -0.05) is 31.2 Å². The van der Waals surface area contributed by atoms with E-state index in [1.165, 1.54) is 41.4 Å². The van der Waals surface area contributed by atoms with Gasteiger partial charge in [0.25, 0.3) is 0 Å². The minimum absolute atomic E-state index is 0.709. The first-order valence-corrected chi connectivity index (χ1v) is 7.63. The second-order valence-electron chi connectivity index (χ2n) is 5.61. The topological polar surface area (TPSA) is 28.2 Å². The minimum atomic E-state index is 0.709. The van der Waals surface area contributed by atoms with Crippen molar-refractivity contribution in [2.75, 3.05) is 18.5 Å². The van der Waals surface area contributed by atoms with Gasteiger partial charge in [0.15, 0.2) is 0 Å². The predicted octanol–water partition coefficient (Wildman–Crippen LogP) is 3.33. The van der Waals surface area contributed by atoms with Gasteiger partial charge in [-0.25, -0.2) is 4.98 Å². The van der Waals surface area contributed by atoms with E-state index in [9.17, 15) is 0 Å². The molecule has 1 aliphatic rings. The van der Waals surface area contributed by atoms with E-state index in [4.69, 9.17) is 4.98 Å². The lowest BCUT2D eigenvalue weighted by Gasteiger charge is -2.25. The van der Waals surface area contributed by atoms with Crippen molar-refractivity contribution in [1.82, 2.24) is 10.3 Å². The van der Waals surface area contributed by atoms with Crippen LogP contribution in [0, 0.1) is 0 Å². The van der Waals surface area contributed by atoms with Crippen molar-refractivity contribution < 1.29 is 0 Å². The van der Waals surface area contributed by atoms with E-state index in [0.717, 1.165) is 13.1 Å². The normalized spacial score (nSPS) is 14.7. The van der Waals surface area contributed by atoms with E-state index in [1.807, 2.05) is 13.2 Å². The summed E-state index contributed by atoms with van der Waals surface area (Å²) in [7, 11) is 1.98. The lowest BCUT2D eigenvalue weighted by atomic mass is 10.1. The van der Waals surface area contributed by atoms with Gasteiger partial charge in [0.1, 0.15) is 5.82 Å². The molecule has 1 aliphatic carbocycles. The van der Waals surface area contributed by atoms with Crippen LogP contribution in [0.15, 0.2) is 30.5 Å². The smallest absolute Gasteiger partial charge is 0.136 e. The summed E-state index contributed by atoms with van der Waals surface area (Å²) in [5, 5.41) is 5.85. The molecular formula is C17H23N3. The Kier molecular flexibility index (Phi) is 3.88. The van der Waals surface area contributed by atoms with Gasteiger partial charge < -0.3 is 10.2 Å². The van der Waals surface area contributed by atoms with E-state index in [0.29, 0.717) is 6.04 Å². The molecule has 20 heavy (non-hydrogen) atoms. The van der Waals surface area contributed by atoms with Crippen LogP contribution >= 0.6 is 0 Å². The Morgan fingerprint density at radius 3 is 2.65 bits per heavy atom. The molecule has 2 aromatic rings. The number of hydrogen-bond donors (Lipinski definition) is 1. The van der Waals surface area contributed by atoms with Gasteiger partial charge in [-0.15, -0.1) is 0 Å². The number of anilines is 1. The first kappa shape index (κ1) is 13.4. The maximum atomic E-state index is 4.79. The number of pyridine rings is 1. The number of aromatic nitrogens is 1. The molecule has 0 saturated heterocycles. The number of benzene rings is 1. The highest BCUT2D eigenvalue weighted by Gasteiger charge is 2.30. The molecule has 0 bridgehead atoms. The molecule has 1 N–H and O–H groups in total. The summed E-state index contributed by atoms with van der Waals surface area (Å²) >= 11 is 0. The molecular weight excluding hydrogens is 246 g/mol. The molecule has 0 spiro atoms. The molecule has 3 rings (SSSR count). The van der Waals surface area contributed by atoms with Gasteiger partial charge in [-0.05, 0) is 37.3 Å². The summed E-state index contributed by atoms with van der Waals surface area (Å²) in [5.74, 6) is 1.17. The molecule has 0 amide bonds. The Bertz CT molecular complexity index is 590. The van der Waals surface area contributed by atoms with Crippen LogP contribution in [0.1, 0.15) is 31.7 Å². The summed E-state index contributed by atoms with van der Waals surface area (Å²) in [6.45, 7) is 4.21. The zero-order valence-electron chi connectivity index (χ0n) is 12.4. The fourth-order valence-electron chi connectivity index (χ4n) is 2.88. The molecule has 0 radical (unpaired) electrons. The summed E-state index contributed by atoms with van der Waals surface area (Å²) in [5.41, 5.74) is 1.28. The van der Waals surface area contributed by atoms with Gasteiger partial charge in [0.05, 0.1) is 0 Å². The lowest BCUT2D eigenvalue weighted by Crippen LogP contribution is -2.27. The van der Waals surface area contributed by atoms with Crippen LogP contribution in [0.3, 0.4) is 0 Å². The highest BCUT2D eigenvalue weighted by Crippen LogP contribution is 2.35. The maximum Gasteiger partial charge on any atom is 0.136 e. The molecule has 1 saturated carbocycles. The van der Waals surface area contributed by atoms with Crippen LogP contribution < -0.4 is 10.2 Å². The number of hydrogen-bond acceptors (Lipinski definition) is 3. The van der Waals surface area contributed by atoms with Crippen molar-refractivity contribution in [1.29, 1.82) is 0 Å². The molecule has 1 aromatic carbocycles. The lowest BCUT2D eigenvalue weighted by molar-refractivity contribution is 0.752. The zero-order valence-corrected chi connectivity index (χ0v) is 12.4. The summed E-state index contributed by atoms with van der Waals surface area (Å²) in [6.07, 6.45) is 5.84. The van der Waals surface area contributed by atoms with Crippen LogP contribution in [-0.2, 0) is 6.54 Å².